The minimum atomic E-state index is -0.942. The van der Waals surface area contributed by atoms with Crippen molar-refractivity contribution in [2.24, 2.45) is 10.9 Å². The van der Waals surface area contributed by atoms with Gasteiger partial charge in [-0.25, -0.2) is 9.78 Å². The number of hydroxylamine groups is 1. The number of amides is 2. The van der Waals surface area contributed by atoms with Gasteiger partial charge >= 0.3 is 5.97 Å². The van der Waals surface area contributed by atoms with Crippen molar-refractivity contribution in [3.63, 3.8) is 0 Å². The average Bonchev–Trinajstić information content (AvgIpc) is 3.43. The van der Waals surface area contributed by atoms with Crippen LogP contribution in [0.15, 0.2) is 102 Å². The van der Waals surface area contributed by atoms with Gasteiger partial charge in [0.25, 0.3) is 0 Å². The van der Waals surface area contributed by atoms with Crippen molar-refractivity contribution in [2.75, 3.05) is 17.0 Å². The number of nitrogens with zero attached hydrogens (tertiary/aromatic N) is 5. The van der Waals surface area contributed by atoms with Crippen molar-refractivity contribution < 1.29 is 24.3 Å². The van der Waals surface area contributed by atoms with E-state index in [1.54, 1.807) is 62.6 Å². The minimum Gasteiger partial charge on any atom is -0.463 e. The number of hydrogen-bond acceptors (Lipinski definition) is 8. The molecule has 0 radical (unpaired) electrons. The Labute approximate surface area is 287 Å². The number of imidazole rings is 1. The molecule has 0 saturated carbocycles. The SMILES string of the molecule is CCOC(=O)C1=C(c2ccc(-n3c(C)nc4cnccc43)cc2)N=C(C)C(C(=O)Nc2ccc(N(O)C(C)=O)cc2)C1c1ccccc1Cl. The number of aryl methyl sites for hydroxylation is 1. The first-order chi connectivity index (χ1) is 23.6. The maximum atomic E-state index is 14.1. The van der Waals surface area contributed by atoms with Gasteiger partial charge in [0.2, 0.25) is 11.8 Å². The molecule has 2 atom stereocenters. The number of anilines is 2. The number of aromatic nitrogens is 3. The molecule has 0 fully saturated rings. The lowest BCUT2D eigenvalue weighted by atomic mass is 9.74. The Morgan fingerprint density at radius 3 is 2.39 bits per heavy atom. The number of esters is 1. The number of pyridine rings is 1. The van der Waals surface area contributed by atoms with Crippen molar-refractivity contribution in [1.29, 1.82) is 0 Å². The van der Waals surface area contributed by atoms with Gasteiger partial charge < -0.3 is 10.1 Å². The number of rotatable bonds is 8. The lowest BCUT2D eigenvalue weighted by Crippen LogP contribution is -2.38. The molecule has 0 aliphatic carbocycles. The van der Waals surface area contributed by atoms with Crippen LogP contribution in [-0.4, -0.2) is 49.8 Å². The van der Waals surface area contributed by atoms with Crippen LogP contribution >= 0.6 is 11.6 Å². The van der Waals surface area contributed by atoms with Gasteiger partial charge in [-0.15, -0.1) is 0 Å². The largest absolute Gasteiger partial charge is 0.463 e. The molecule has 2 amide bonds. The number of benzene rings is 3. The van der Waals surface area contributed by atoms with Crippen LogP contribution in [0.3, 0.4) is 0 Å². The molecule has 248 valence electrons. The van der Waals surface area contributed by atoms with Crippen LogP contribution in [-0.2, 0) is 19.1 Å². The number of halogens is 1. The van der Waals surface area contributed by atoms with E-state index in [1.165, 1.54) is 19.1 Å². The molecule has 2 unspecified atom stereocenters. The van der Waals surface area contributed by atoms with Crippen molar-refractivity contribution in [2.45, 2.75) is 33.6 Å². The normalized spacial score (nSPS) is 15.9. The molecule has 0 spiro atoms. The monoisotopic (exact) mass is 676 g/mol. The van der Waals surface area contributed by atoms with E-state index in [9.17, 15) is 19.6 Å². The van der Waals surface area contributed by atoms with Crippen LogP contribution < -0.4 is 10.4 Å². The molecule has 2 aromatic heterocycles. The molecule has 5 aromatic rings. The quantitative estimate of drug-likeness (QED) is 0.103. The molecule has 0 saturated heterocycles. The van der Waals surface area contributed by atoms with E-state index in [0.29, 0.717) is 38.3 Å². The molecule has 12 heteroatoms. The first-order valence-corrected chi connectivity index (χ1v) is 16.0. The lowest BCUT2D eigenvalue weighted by Gasteiger charge is -2.33. The molecule has 2 N–H and O–H groups in total. The molecule has 1 aliphatic heterocycles. The fourth-order valence-electron chi connectivity index (χ4n) is 6.15. The molecule has 11 nitrogen and oxygen atoms in total. The standard InChI is InChI=1S/C37H33ClN6O5/c1-5-49-37(47)34-33(28-8-6-7-9-29(28)38)32(36(46)42-25-12-16-27(17-13-25)44(48)23(4)45)21(2)40-35(34)24-10-14-26(15-11-24)43-22(3)41-30-20-39-19-18-31(30)43/h6-20,32-33,48H,5H2,1-4H3,(H,42,46). The summed E-state index contributed by atoms with van der Waals surface area (Å²) < 4.78 is 7.62. The summed E-state index contributed by atoms with van der Waals surface area (Å²) in [6.45, 7) is 6.73. The molecule has 3 heterocycles. The van der Waals surface area contributed by atoms with Crippen molar-refractivity contribution in [3.8, 4) is 5.69 Å². The highest BCUT2D eigenvalue weighted by Crippen LogP contribution is 2.45. The van der Waals surface area contributed by atoms with Crippen LogP contribution in [0.1, 0.15) is 43.6 Å². The Kier molecular flexibility index (Phi) is 9.39. The number of carbonyl (C=O) groups is 3. The summed E-state index contributed by atoms with van der Waals surface area (Å²) >= 11 is 6.77. The predicted molar refractivity (Wildman–Crippen MR) is 188 cm³/mol. The Hall–Kier alpha value is -5.65. The maximum absolute atomic E-state index is 14.1. The number of hydrogen-bond donors (Lipinski definition) is 2. The Morgan fingerprint density at radius 1 is 1.00 bits per heavy atom. The molecular formula is C37H33ClN6O5. The van der Waals surface area contributed by atoms with Gasteiger partial charge in [0.1, 0.15) is 11.3 Å². The van der Waals surface area contributed by atoms with E-state index >= 15 is 0 Å². The third-order valence-corrected chi connectivity index (χ3v) is 8.70. The van der Waals surface area contributed by atoms with E-state index < -0.39 is 29.6 Å². The highest BCUT2D eigenvalue weighted by molar-refractivity contribution is 6.31. The summed E-state index contributed by atoms with van der Waals surface area (Å²) in [5.41, 5.74) is 5.48. The number of fused-ring (bicyclic) bond motifs is 1. The second kappa shape index (κ2) is 13.8. The Morgan fingerprint density at radius 2 is 1.71 bits per heavy atom. The van der Waals surface area contributed by atoms with E-state index in [2.05, 4.69) is 15.3 Å². The van der Waals surface area contributed by atoms with E-state index in [-0.39, 0.29) is 17.9 Å². The number of aliphatic imine (C=N–C) groups is 1. The van der Waals surface area contributed by atoms with Crippen LogP contribution in [0.4, 0.5) is 11.4 Å². The smallest absolute Gasteiger partial charge is 0.336 e. The molecular weight excluding hydrogens is 644 g/mol. The van der Waals surface area contributed by atoms with Crippen LogP contribution in [0, 0.1) is 12.8 Å². The second-order valence-electron chi connectivity index (χ2n) is 11.5. The van der Waals surface area contributed by atoms with Gasteiger partial charge in [0.05, 0.1) is 41.2 Å². The van der Waals surface area contributed by atoms with Crippen molar-refractivity contribution in [1.82, 2.24) is 14.5 Å². The molecule has 49 heavy (non-hydrogen) atoms. The summed E-state index contributed by atoms with van der Waals surface area (Å²) in [4.78, 5) is 53.3. The number of nitrogens with one attached hydrogen (secondary N) is 1. The minimum absolute atomic E-state index is 0.111. The van der Waals surface area contributed by atoms with Crippen LogP contribution in [0.2, 0.25) is 5.02 Å². The highest BCUT2D eigenvalue weighted by Gasteiger charge is 2.43. The van der Waals surface area contributed by atoms with Gasteiger partial charge in [-0.05, 0) is 74.9 Å². The summed E-state index contributed by atoms with van der Waals surface area (Å²) in [5.74, 6) is -2.59. The summed E-state index contributed by atoms with van der Waals surface area (Å²) in [7, 11) is 0. The van der Waals surface area contributed by atoms with E-state index in [0.717, 1.165) is 22.5 Å². The zero-order valence-electron chi connectivity index (χ0n) is 27.2. The zero-order chi connectivity index (χ0) is 34.8. The van der Waals surface area contributed by atoms with Gasteiger partial charge in [-0.3, -0.25) is 29.3 Å². The first-order valence-electron chi connectivity index (χ1n) is 15.6. The maximum Gasteiger partial charge on any atom is 0.336 e. The molecule has 3 aromatic carbocycles. The van der Waals surface area contributed by atoms with Gasteiger partial charge in [0, 0.05) is 46.7 Å². The van der Waals surface area contributed by atoms with Gasteiger partial charge in [0.15, 0.2) is 0 Å². The van der Waals surface area contributed by atoms with Gasteiger partial charge in [-0.2, -0.15) is 5.06 Å². The van der Waals surface area contributed by atoms with Crippen molar-refractivity contribution in [3.05, 3.63) is 119 Å². The molecule has 0 bridgehead atoms. The van der Waals surface area contributed by atoms with E-state index in [1.807, 2.05) is 41.8 Å². The molecule has 6 rings (SSSR count). The Bertz CT molecular complexity index is 2140. The van der Waals surface area contributed by atoms with Crippen LogP contribution in [0.25, 0.3) is 22.4 Å². The Balaban J connectivity index is 1.44. The second-order valence-corrected chi connectivity index (χ2v) is 11.9. The predicted octanol–water partition coefficient (Wildman–Crippen LogP) is 6.91. The first kappa shape index (κ1) is 33.3. The van der Waals surface area contributed by atoms with E-state index in [4.69, 9.17) is 21.3 Å². The third kappa shape index (κ3) is 6.46. The lowest BCUT2D eigenvalue weighted by molar-refractivity contribution is -0.138. The third-order valence-electron chi connectivity index (χ3n) is 8.36. The number of ether oxygens (including phenoxy) is 1. The molecule has 1 aliphatic rings. The zero-order valence-corrected chi connectivity index (χ0v) is 28.0. The fourth-order valence-corrected chi connectivity index (χ4v) is 6.41. The summed E-state index contributed by atoms with van der Waals surface area (Å²) in [6.07, 6.45) is 3.44. The van der Waals surface area contributed by atoms with Gasteiger partial charge in [-0.1, -0.05) is 41.9 Å². The van der Waals surface area contributed by atoms with Crippen LogP contribution in [0.5, 0.6) is 0 Å². The topological polar surface area (TPSA) is 139 Å². The number of carbonyl (C=O) groups excluding carboxylic acids is 3. The fraction of sp³-hybridized carbons (Fsp3) is 0.189. The van der Waals surface area contributed by atoms with Crippen molar-refractivity contribution >= 4 is 63.2 Å². The summed E-state index contributed by atoms with van der Waals surface area (Å²) in [5, 5.41) is 13.8. The summed E-state index contributed by atoms with van der Waals surface area (Å²) in [6, 6.07) is 22.7. The highest BCUT2D eigenvalue weighted by atomic mass is 35.5. The average molecular weight is 677 g/mol.